The summed E-state index contributed by atoms with van der Waals surface area (Å²) in [6.45, 7) is 3.89. The second kappa shape index (κ2) is 6.84. The molecule has 0 aliphatic rings. The molecule has 6 heteroatoms. The Labute approximate surface area is 145 Å². The van der Waals surface area contributed by atoms with Gasteiger partial charge in [0.25, 0.3) is 5.91 Å². The average molecular weight is 341 g/mol. The first-order chi connectivity index (χ1) is 11.5. The van der Waals surface area contributed by atoms with Crippen LogP contribution in [-0.2, 0) is 11.3 Å². The molecule has 3 aromatic rings. The molecule has 0 fully saturated rings. The highest BCUT2D eigenvalue weighted by Crippen LogP contribution is 2.15. The quantitative estimate of drug-likeness (QED) is 0.583. The van der Waals surface area contributed by atoms with Crippen LogP contribution in [0.15, 0.2) is 53.6 Å². The fourth-order valence-corrected chi connectivity index (χ4v) is 2.60. The smallest absolute Gasteiger partial charge is 0.260 e. The van der Waals surface area contributed by atoms with Gasteiger partial charge in [0.1, 0.15) is 12.4 Å². The molecule has 1 amide bonds. The van der Waals surface area contributed by atoms with Crippen LogP contribution < -0.4 is 5.43 Å². The predicted octanol–water partition coefficient (Wildman–Crippen LogP) is 3.54. The van der Waals surface area contributed by atoms with Gasteiger partial charge in [-0.05, 0) is 43.7 Å². The molecule has 0 aliphatic carbocycles. The number of amides is 1. The van der Waals surface area contributed by atoms with Gasteiger partial charge in [-0.2, -0.15) is 5.10 Å². The molecule has 0 aliphatic heterocycles. The van der Waals surface area contributed by atoms with E-state index < -0.39 is 0 Å². The maximum Gasteiger partial charge on any atom is 0.260 e. The van der Waals surface area contributed by atoms with Crippen LogP contribution in [-0.4, -0.2) is 21.2 Å². The van der Waals surface area contributed by atoms with Crippen molar-refractivity contribution in [3.63, 3.8) is 0 Å². The summed E-state index contributed by atoms with van der Waals surface area (Å²) in [4.78, 5) is 16.7. The number of para-hydroxylation sites is 2. The molecule has 5 nitrogen and oxygen atoms in total. The van der Waals surface area contributed by atoms with Gasteiger partial charge in [-0.25, -0.2) is 10.4 Å². The fraction of sp³-hybridized carbons (Fsp3) is 0.167. The number of hydrogen-bond donors (Lipinski definition) is 1. The van der Waals surface area contributed by atoms with Crippen LogP contribution in [0.4, 0.5) is 0 Å². The second-order valence-electron chi connectivity index (χ2n) is 5.47. The molecule has 0 atom stereocenters. The number of nitrogens with one attached hydrogen (secondary N) is 1. The van der Waals surface area contributed by atoms with Crippen molar-refractivity contribution in [2.75, 3.05) is 0 Å². The molecule has 24 heavy (non-hydrogen) atoms. The number of imidazole rings is 1. The Bertz CT molecular complexity index is 912. The molecule has 0 saturated carbocycles. The molecule has 3 rings (SSSR count). The number of halogens is 1. The highest BCUT2D eigenvalue weighted by atomic mass is 35.5. The van der Waals surface area contributed by atoms with E-state index in [0.717, 1.165) is 22.4 Å². The van der Waals surface area contributed by atoms with Crippen molar-refractivity contribution in [3.05, 3.63) is 64.9 Å². The first kappa shape index (κ1) is 16.2. The molecule has 2 aromatic carbocycles. The molecule has 0 unspecified atom stereocenters. The van der Waals surface area contributed by atoms with Gasteiger partial charge in [0.2, 0.25) is 0 Å². The van der Waals surface area contributed by atoms with Gasteiger partial charge in [0, 0.05) is 5.02 Å². The number of rotatable bonds is 4. The molecule has 1 heterocycles. The number of hydrazone groups is 1. The lowest BCUT2D eigenvalue weighted by molar-refractivity contribution is -0.121. The van der Waals surface area contributed by atoms with Gasteiger partial charge in [0.15, 0.2) is 0 Å². The van der Waals surface area contributed by atoms with Gasteiger partial charge < -0.3 is 4.57 Å². The summed E-state index contributed by atoms with van der Waals surface area (Å²) >= 11 is 5.87. The monoisotopic (exact) mass is 340 g/mol. The molecular weight excluding hydrogens is 324 g/mol. The van der Waals surface area contributed by atoms with Gasteiger partial charge >= 0.3 is 0 Å². The van der Waals surface area contributed by atoms with E-state index in [0.29, 0.717) is 10.7 Å². The number of carbonyl (C=O) groups excluding carboxylic acids is 1. The van der Waals surface area contributed by atoms with Crippen LogP contribution in [0, 0.1) is 6.92 Å². The van der Waals surface area contributed by atoms with Crippen LogP contribution in [0.3, 0.4) is 0 Å². The van der Waals surface area contributed by atoms with Crippen molar-refractivity contribution in [1.29, 1.82) is 0 Å². The summed E-state index contributed by atoms with van der Waals surface area (Å²) in [6.07, 6.45) is 0. The summed E-state index contributed by atoms with van der Waals surface area (Å²) in [6, 6.07) is 15.0. The fourth-order valence-electron chi connectivity index (χ4n) is 2.48. The van der Waals surface area contributed by atoms with Crippen molar-refractivity contribution in [2.24, 2.45) is 5.10 Å². The normalized spacial score (nSPS) is 11.7. The van der Waals surface area contributed by atoms with Crippen molar-refractivity contribution in [3.8, 4) is 0 Å². The Morgan fingerprint density at radius 1 is 1.21 bits per heavy atom. The highest BCUT2D eigenvalue weighted by Gasteiger charge is 2.10. The van der Waals surface area contributed by atoms with E-state index in [1.54, 1.807) is 12.1 Å². The molecule has 0 spiro atoms. The van der Waals surface area contributed by atoms with Crippen molar-refractivity contribution >= 4 is 34.3 Å². The van der Waals surface area contributed by atoms with Gasteiger partial charge in [-0.3, -0.25) is 4.79 Å². The lowest BCUT2D eigenvalue weighted by atomic mass is 10.1. The third kappa shape index (κ3) is 3.46. The standard InChI is InChI=1S/C18H17ClN4O/c1-12(14-7-9-15(19)10-8-14)21-22-18(24)11-23-13(2)20-16-5-3-4-6-17(16)23/h3-10H,11H2,1-2H3,(H,22,24)/b21-12+. The lowest BCUT2D eigenvalue weighted by Gasteiger charge is -2.06. The maximum atomic E-state index is 12.2. The molecular formula is C18H17ClN4O. The Morgan fingerprint density at radius 2 is 1.92 bits per heavy atom. The first-order valence-electron chi connectivity index (χ1n) is 7.55. The molecule has 122 valence electrons. The lowest BCUT2D eigenvalue weighted by Crippen LogP contribution is -2.24. The zero-order chi connectivity index (χ0) is 17.1. The van der Waals surface area contributed by atoms with E-state index >= 15 is 0 Å². The number of fused-ring (bicyclic) bond motifs is 1. The van der Waals surface area contributed by atoms with Crippen molar-refractivity contribution in [1.82, 2.24) is 15.0 Å². The van der Waals surface area contributed by atoms with Crippen LogP contribution in [0.25, 0.3) is 11.0 Å². The topological polar surface area (TPSA) is 59.3 Å². The Balaban J connectivity index is 1.72. The van der Waals surface area contributed by atoms with E-state index in [2.05, 4.69) is 15.5 Å². The van der Waals surface area contributed by atoms with Gasteiger partial charge in [-0.1, -0.05) is 35.9 Å². The summed E-state index contributed by atoms with van der Waals surface area (Å²) in [5, 5.41) is 4.82. The van der Waals surface area contributed by atoms with E-state index in [-0.39, 0.29) is 12.5 Å². The van der Waals surface area contributed by atoms with Crippen LogP contribution in [0.5, 0.6) is 0 Å². The third-order valence-corrected chi connectivity index (χ3v) is 4.01. The Hall–Kier alpha value is -2.66. The zero-order valence-electron chi connectivity index (χ0n) is 13.5. The van der Waals surface area contributed by atoms with Crippen LogP contribution >= 0.6 is 11.6 Å². The number of aryl methyl sites for hydroxylation is 1. The molecule has 0 bridgehead atoms. The highest BCUT2D eigenvalue weighted by molar-refractivity contribution is 6.30. The number of carbonyl (C=O) groups is 1. The maximum absolute atomic E-state index is 12.2. The van der Waals surface area contributed by atoms with Crippen LogP contribution in [0.2, 0.25) is 5.02 Å². The minimum Gasteiger partial charge on any atom is -0.319 e. The van der Waals surface area contributed by atoms with E-state index in [1.807, 2.05) is 54.8 Å². The summed E-state index contributed by atoms with van der Waals surface area (Å²) in [5.74, 6) is 0.597. The molecule has 1 aromatic heterocycles. The number of hydrogen-bond acceptors (Lipinski definition) is 3. The minimum atomic E-state index is -0.199. The summed E-state index contributed by atoms with van der Waals surface area (Å²) in [7, 11) is 0. The van der Waals surface area contributed by atoms with Gasteiger partial charge in [0.05, 0.1) is 16.7 Å². The van der Waals surface area contributed by atoms with Gasteiger partial charge in [-0.15, -0.1) is 0 Å². The average Bonchev–Trinajstić information content (AvgIpc) is 2.89. The van der Waals surface area contributed by atoms with E-state index in [9.17, 15) is 4.79 Å². The zero-order valence-corrected chi connectivity index (χ0v) is 14.2. The number of aromatic nitrogens is 2. The first-order valence-corrected chi connectivity index (χ1v) is 7.93. The Morgan fingerprint density at radius 3 is 2.67 bits per heavy atom. The molecule has 0 radical (unpaired) electrons. The largest absolute Gasteiger partial charge is 0.319 e. The van der Waals surface area contributed by atoms with Crippen molar-refractivity contribution < 1.29 is 4.79 Å². The number of benzene rings is 2. The predicted molar refractivity (Wildman–Crippen MR) is 96.3 cm³/mol. The molecule has 1 N–H and O–H groups in total. The summed E-state index contributed by atoms with van der Waals surface area (Å²) in [5.41, 5.74) is 6.03. The van der Waals surface area contributed by atoms with Crippen LogP contribution in [0.1, 0.15) is 18.3 Å². The van der Waals surface area contributed by atoms with Crippen molar-refractivity contribution in [2.45, 2.75) is 20.4 Å². The summed E-state index contributed by atoms with van der Waals surface area (Å²) < 4.78 is 1.87. The minimum absolute atomic E-state index is 0.170. The molecule has 0 saturated heterocycles. The number of nitrogens with zero attached hydrogens (tertiary/aromatic N) is 3. The van der Waals surface area contributed by atoms with E-state index in [4.69, 9.17) is 11.6 Å². The third-order valence-electron chi connectivity index (χ3n) is 3.76. The second-order valence-corrected chi connectivity index (χ2v) is 5.91. The Kier molecular flexibility index (Phi) is 4.62. The SMILES string of the molecule is C/C(=N\NC(=O)Cn1c(C)nc2ccccc21)c1ccc(Cl)cc1. The van der Waals surface area contributed by atoms with E-state index in [1.165, 1.54) is 0 Å².